The lowest BCUT2D eigenvalue weighted by atomic mass is 9.92. The molecule has 1 saturated heterocycles. The first kappa shape index (κ1) is 35.8. The number of hydrogen-bond acceptors (Lipinski definition) is 8. The fraction of sp³-hybridized carbons (Fsp3) is 0.425. The molecule has 49 heavy (non-hydrogen) atoms. The van der Waals surface area contributed by atoms with E-state index >= 15 is 0 Å². The molecule has 3 heterocycles. The lowest BCUT2D eigenvalue weighted by Gasteiger charge is -2.41. The minimum atomic E-state index is -1.00. The third-order valence-electron chi connectivity index (χ3n) is 8.81. The summed E-state index contributed by atoms with van der Waals surface area (Å²) in [6.07, 6.45) is 4.98. The van der Waals surface area contributed by atoms with E-state index in [1.807, 2.05) is 81.6 Å². The van der Waals surface area contributed by atoms with Crippen molar-refractivity contribution in [2.75, 3.05) is 31.7 Å². The van der Waals surface area contributed by atoms with Crippen molar-refractivity contribution in [3.8, 4) is 28.1 Å². The van der Waals surface area contributed by atoms with E-state index in [0.29, 0.717) is 36.6 Å². The van der Waals surface area contributed by atoms with Gasteiger partial charge in [0.05, 0.1) is 42.3 Å². The van der Waals surface area contributed by atoms with Crippen molar-refractivity contribution < 1.29 is 23.7 Å². The van der Waals surface area contributed by atoms with Gasteiger partial charge in [0.2, 0.25) is 0 Å². The molecule has 0 amide bonds. The van der Waals surface area contributed by atoms with Crippen LogP contribution in [0.4, 0.5) is 5.82 Å². The zero-order valence-corrected chi connectivity index (χ0v) is 30.0. The predicted molar refractivity (Wildman–Crippen MR) is 195 cm³/mol. The van der Waals surface area contributed by atoms with Gasteiger partial charge in [-0.3, -0.25) is 0 Å². The Morgan fingerprint density at radius 3 is 2.43 bits per heavy atom. The lowest BCUT2D eigenvalue weighted by Crippen LogP contribution is -2.45. The highest BCUT2D eigenvalue weighted by molar-refractivity contribution is 5.81. The number of aromatic nitrogens is 3. The Hall–Kier alpha value is -4.47. The second kappa shape index (κ2) is 15.0. The van der Waals surface area contributed by atoms with Crippen molar-refractivity contribution >= 4 is 17.4 Å². The first-order valence-corrected chi connectivity index (χ1v) is 17.0. The molecule has 9 nitrogen and oxygen atoms in total. The number of esters is 1. The Bertz CT molecular complexity index is 1800. The largest absolute Gasteiger partial charge is 0.490 e. The molecule has 9 heteroatoms. The van der Waals surface area contributed by atoms with Crippen LogP contribution < -0.4 is 9.64 Å². The maximum atomic E-state index is 13.4. The van der Waals surface area contributed by atoms with Gasteiger partial charge in [-0.05, 0) is 72.1 Å². The molecule has 2 atom stereocenters. The zero-order chi connectivity index (χ0) is 35.3. The van der Waals surface area contributed by atoms with Crippen LogP contribution in [0.5, 0.6) is 5.75 Å². The van der Waals surface area contributed by atoms with Crippen LogP contribution in [0.3, 0.4) is 0 Å². The second-order valence-electron chi connectivity index (χ2n) is 13.9. The molecule has 0 spiro atoms. The molecule has 4 aromatic rings. The van der Waals surface area contributed by atoms with Crippen molar-refractivity contribution in [1.82, 2.24) is 14.6 Å². The van der Waals surface area contributed by atoms with E-state index in [1.165, 1.54) is 7.11 Å². The molecule has 0 N–H and O–H groups in total. The average Bonchev–Trinajstić information content (AvgIpc) is 3.50. The molecule has 0 unspecified atom stereocenters. The molecule has 0 bridgehead atoms. The predicted octanol–water partition coefficient (Wildman–Crippen LogP) is 8.31. The molecule has 1 aliphatic heterocycles. The highest BCUT2D eigenvalue weighted by atomic mass is 16.6. The summed E-state index contributed by atoms with van der Waals surface area (Å²) in [5.74, 6) is 1.10. The van der Waals surface area contributed by atoms with Crippen LogP contribution in [0, 0.1) is 6.92 Å². The van der Waals surface area contributed by atoms with E-state index in [0.717, 1.165) is 53.2 Å². The molecule has 1 aliphatic rings. The Kier molecular flexibility index (Phi) is 10.9. The first-order valence-electron chi connectivity index (χ1n) is 17.0. The van der Waals surface area contributed by atoms with E-state index in [4.69, 9.17) is 29.0 Å². The third-order valence-corrected chi connectivity index (χ3v) is 8.81. The second-order valence-corrected chi connectivity index (χ2v) is 13.9. The summed E-state index contributed by atoms with van der Waals surface area (Å²) in [6, 6.07) is 18.3. The third kappa shape index (κ3) is 8.23. The van der Waals surface area contributed by atoms with Gasteiger partial charge in [0.15, 0.2) is 11.8 Å². The minimum Gasteiger partial charge on any atom is -0.490 e. The van der Waals surface area contributed by atoms with Crippen molar-refractivity contribution in [3.05, 3.63) is 91.2 Å². The smallest absolute Gasteiger partial charge is 0.339 e. The number of fused-ring (bicyclic) bond motifs is 1. The molecule has 260 valence electrons. The quantitative estimate of drug-likeness (QED) is 0.104. The maximum absolute atomic E-state index is 13.4. The molecule has 0 radical (unpaired) electrons. The summed E-state index contributed by atoms with van der Waals surface area (Å²) in [7, 11) is 1.38. The molecule has 1 fully saturated rings. The molecule has 0 aliphatic carbocycles. The van der Waals surface area contributed by atoms with Gasteiger partial charge in [-0.15, -0.1) is 13.2 Å². The summed E-state index contributed by atoms with van der Waals surface area (Å²) < 4.78 is 26.0. The average molecular weight is 667 g/mol. The van der Waals surface area contributed by atoms with E-state index in [1.54, 1.807) is 6.08 Å². The number of anilines is 1. The van der Waals surface area contributed by atoms with Gasteiger partial charge < -0.3 is 23.8 Å². The lowest BCUT2D eigenvalue weighted by molar-refractivity contribution is -0.164. The van der Waals surface area contributed by atoms with Crippen LogP contribution in [0.2, 0.25) is 0 Å². The molecular weight excluding hydrogens is 616 g/mol. The van der Waals surface area contributed by atoms with Crippen LogP contribution in [0.1, 0.15) is 71.2 Å². The van der Waals surface area contributed by atoms with Gasteiger partial charge in [-0.25, -0.2) is 9.78 Å². The van der Waals surface area contributed by atoms with E-state index < -0.39 is 17.7 Å². The van der Waals surface area contributed by atoms with E-state index in [9.17, 15) is 4.79 Å². The highest BCUT2D eigenvalue weighted by Gasteiger charge is 2.38. The van der Waals surface area contributed by atoms with Crippen molar-refractivity contribution in [2.45, 2.75) is 84.2 Å². The summed E-state index contributed by atoms with van der Waals surface area (Å²) in [5, 5.41) is 5.16. The molecular formula is C40H50N4O5. The Morgan fingerprint density at radius 1 is 1.04 bits per heavy atom. The van der Waals surface area contributed by atoms with Gasteiger partial charge in [0, 0.05) is 42.4 Å². The number of hydrogen-bond donors (Lipinski definition) is 0. The fourth-order valence-corrected chi connectivity index (χ4v) is 6.30. The van der Waals surface area contributed by atoms with Crippen LogP contribution in [0.25, 0.3) is 28.0 Å². The van der Waals surface area contributed by atoms with Crippen molar-refractivity contribution in [2.24, 2.45) is 0 Å². The fourth-order valence-electron chi connectivity index (χ4n) is 6.30. The minimum absolute atomic E-state index is 0.000477. The number of carbonyl (C=O) groups is 1. The van der Waals surface area contributed by atoms with E-state index in [-0.39, 0.29) is 11.7 Å². The number of piperidine rings is 1. The number of para-hydroxylation sites is 1. The number of methoxy groups -OCH3 is 1. The van der Waals surface area contributed by atoms with Crippen LogP contribution in [-0.4, -0.2) is 64.7 Å². The number of ether oxygens (including phenoxy) is 4. The monoisotopic (exact) mass is 666 g/mol. The number of rotatable bonds is 13. The number of aryl methyl sites for hydroxylation is 1. The summed E-state index contributed by atoms with van der Waals surface area (Å²) >= 11 is 0. The normalized spacial score (nSPS) is 15.9. The first-order chi connectivity index (χ1) is 23.4. The van der Waals surface area contributed by atoms with Crippen molar-refractivity contribution in [3.63, 3.8) is 0 Å². The van der Waals surface area contributed by atoms with Gasteiger partial charge >= 0.3 is 5.97 Å². The summed E-state index contributed by atoms with van der Waals surface area (Å²) in [6.45, 7) is 21.4. The van der Waals surface area contributed by atoms with Gasteiger partial charge in [0.25, 0.3) is 0 Å². The Morgan fingerprint density at radius 2 is 1.76 bits per heavy atom. The van der Waals surface area contributed by atoms with Gasteiger partial charge in [0.1, 0.15) is 11.6 Å². The van der Waals surface area contributed by atoms with Crippen molar-refractivity contribution in [1.29, 1.82) is 0 Å². The summed E-state index contributed by atoms with van der Waals surface area (Å²) in [5.41, 5.74) is 4.79. The van der Waals surface area contributed by atoms with Crippen LogP contribution in [-0.2, 0) is 19.0 Å². The standard InChI is InChI=1S/C40H50N4O5/c1-10-15-27(3)48-33-19-13-12-18-31(33)29-16-14-17-30(25-29)32-26-34-41-28(4)35(36(38(45)46-9)49-39(5,6)7)37(44(34)42-32)43-22-20-40(8,21-23-43)47-24-11-2/h10-14,16-19,25-27,36H,1-2,15,20-24H2,3-9H3/t27-,36+/m1/s1. The number of nitrogens with zero attached hydrogens (tertiary/aromatic N) is 4. The molecule has 5 rings (SSSR count). The molecule has 2 aromatic carbocycles. The van der Waals surface area contributed by atoms with Crippen LogP contribution in [0.15, 0.2) is 79.9 Å². The maximum Gasteiger partial charge on any atom is 0.339 e. The van der Waals surface area contributed by atoms with Gasteiger partial charge in [-0.1, -0.05) is 48.6 Å². The highest BCUT2D eigenvalue weighted by Crippen LogP contribution is 2.39. The van der Waals surface area contributed by atoms with Gasteiger partial charge in [-0.2, -0.15) is 9.61 Å². The number of carbonyl (C=O) groups excluding carboxylic acids is 1. The van der Waals surface area contributed by atoms with E-state index in [2.05, 4.69) is 43.2 Å². The Labute approximate surface area is 290 Å². The number of benzene rings is 2. The summed E-state index contributed by atoms with van der Waals surface area (Å²) in [4.78, 5) is 20.6. The molecule has 0 saturated carbocycles. The zero-order valence-electron chi connectivity index (χ0n) is 30.0. The molecule has 2 aromatic heterocycles. The topological polar surface area (TPSA) is 87.4 Å². The SMILES string of the molecule is C=CCOC1(C)CCN(c2c([C@H](OC(C)(C)C)C(=O)OC)c(C)nc3cc(-c4cccc(-c5ccccc5O[C@H](C)CC=C)c4)nn23)CC1. The van der Waals surface area contributed by atoms with Crippen LogP contribution >= 0.6 is 0 Å². The Balaban J connectivity index is 1.63.